The Morgan fingerprint density at radius 3 is 2.65 bits per heavy atom. The zero-order chi connectivity index (χ0) is 12.9. The fourth-order valence-corrected chi connectivity index (χ4v) is 1.89. The average molecular weight is 237 g/mol. The summed E-state index contributed by atoms with van der Waals surface area (Å²) >= 11 is 0. The molecule has 0 aliphatic carbocycles. The van der Waals surface area contributed by atoms with Crippen molar-refractivity contribution >= 4 is 0 Å². The van der Waals surface area contributed by atoms with Gasteiger partial charge in [0.1, 0.15) is 5.75 Å². The zero-order valence-electron chi connectivity index (χ0n) is 11.1. The van der Waals surface area contributed by atoms with E-state index in [9.17, 15) is 0 Å². The van der Waals surface area contributed by atoms with Crippen LogP contribution in [0, 0.1) is 6.92 Å². The number of rotatable bonds is 6. The van der Waals surface area contributed by atoms with E-state index in [4.69, 9.17) is 10.6 Å². The monoisotopic (exact) mass is 237 g/mol. The Bertz CT molecular complexity index is 364. The highest BCUT2D eigenvalue weighted by Crippen LogP contribution is 2.31. The van der Waals surface area contributed by atoms with Gasteiger partial charge in [-0.1, -0.05) is 31.5 Å². The first-order chi connectivity index (χ1) is 8.01. The maximum atomic E-state index is 5.42. The SMILES string of the molecule is COc1ccc(C)cc1C(C)(C)CNCNN. The van der Waals surface area contributed by atoms with Gasteiger partial charge >= 0.3 is 0 Å². The molecule has 1 aromatic carbocycles. The molecule has 17 heavy (non-hydrogen) atoms. The van der Waals surface area contributed by atoms with Gasteiger partial charge in [-0.25, -0.2) is 5.43 Å². The van der Waals surface area contributed by atoms with E-state index in [1.165, 1.54) is 11.1 Å². The molecule has 0 aromatic heterocycles. The first-order valence-electron chi connectivity index (χ1n) is 5.80. The number of methoxy groups -OCH3 is 1. The number of hydrogen-bond acceptors (Lipinski definition) is 4. The predicted octanol–water partition coefficient (Wildman–Crippen LogP) is 1.29. The van der Waals surface area contributed by atoms with Gasteiger partial charge in [0, 0.05) is 17.5 Å². The van der Waals surface area contributed by atoms with E-state index >= 15 is 0 Å². The van der Waals surface area contributed by atoms with Gasteiger partial charge < -0.3 is 10.1 Å². The molecule has 1 rings (SSSR count). The molecule has 96 valence electrons. The zero-order valence-corrected chi connectivity index (χ0v) is 11.1. The van der Waals surface area contributed by atoms with Gasteiger partial charge in [0.2, 0.25) is 0 Å². The summed E-state index contributed by atoms with van der Waals surface area (Å²) in [6.07, 6.45) is 0. The summed E-state index contributed by atoms with van der Waals surface area (Å²) in [7, 11) is 1.71. The number of ether oxygens (including phenoxy) is 1. The van der Waals surface area contributed by atoms with Crippen molar-refractivity contribution in [3.05, 3.63) is 29.3 Å². The van der Waals surface area contributed by atoms with Crippen LogP contribution in [-0.2, 0) is 5.41 Å². The number of hydrogen-bond donors (Lipinski definition) is 3. The highest BCUT2D eigenvalue weighted by molar-refractivity contribution is 5.41. The molecular weight excluding hydrogens is 214 g/mol. The van der Waals surface area contributed by atoms with Crippen LogP contribution in [0.15, 0.2) is 18.2 Å². The summed E-state index contributed by atoms with van der Waals surface area (Å²) in [6, 6.07) is 6.26. The summed E-state index contributed by atoms with van der Waals surface area (Å²) in [6.45, 7) is 7.89. The van der Waals surface area contributed by atoms with Crippen LogP contribution in [0.1, 0.15) is 25.0 Å². The van der Waals surface area contributed by atoms with E-state index in [1.54, 1.807) is 7.11 Å². The highest BCUT2D eigenvalue weighted by atomic mass is 16.5. The van der Waals surface area contributed by atoms with E-state index in [0.717, 1.165) is 12.3 Å². The molecule has 0 amide bonds. The summed E-state index contributed by atoms with van der Waals surface area (Å²) in [4.78, 5) is 0. The Morgan fingerprint density at radius 1 is 1.35 bits per heavy atom. The van der Waals surface area contributed by atoms with E-state index in [0.29, 0.717) is 6.67 Å². The third kappa shape index (κ3) is 3.70. The Balaban J connectivity index is 2.91. The first-order valence-corrected chi connectivity index (χ1v) is 5.80. The lowest BCUT2D eigenvalue weighted by atomic mass is 9.83. The number of aryl methyl sites for hydroxylation is 1. The van der Waals surface area contributed by atoms with Gasteiger partial charge in [-0.3, -0.25) is 5.84 Å². The maximum Gasteiger partial charge on any atom is 0.122 e. The molecule has 1 aromatic rings. The van der Waals surface area contributed by atoms with Crippen molar-refractivity contribution < 1.29 is 4.74 Å². The molecule has 0 bridgehead atoms. The van der Waals surface area contributed by atoms with Gasteiger partial charge in [-0.15, -0.1) is 0 Å². The number of nitrogens with two attached hydrogens (primary N) is 1. The van der Waals surface area contributed by atoms with Crippen molar-refractivity contribution in [2.45, 2.75) is 26.2 Å². The molecule has 0 unspecified atom stereocenters. The number of hydrazine groups is 1. The lowest BCUT2D eigenvalue weighted by molar-refractivity contribution is 0.383. The Hall–Kier alpha value is -1.10. The molecule has 0 spiro atoms. The fraction of sp³-hybridized carbons (Fsp3) is 0.538. The van der Waals surface area contributed by atoms with Gasteiger partial charge in [0.15, 0.2) is 0 Å². The van der Waals surface area contributed by atoms with E-state index in [1.807, 2.05) is 6.07 Å². The predicted molar refractivity (Wildman–Crippen MR) is 70.9 cm³/mol. The van der Waals surface area contributed by atoms with Crippen LogP contribution < -0.4 is 21.3 Å². The van der Waals surface area contributed by atoms with Crippen LogP contribution >= 0.6 is 0 Å². The minimum Gasteiger partial charge on any atom is -0.496 e. The smallest absolute Gasteiger partial charge is 0.122 e. The van der Waals surface area contributed by atoms with Crippen molar-refractivity contribution in [2.24, 2.45) is 5.84 Å². The van der Waals surface area contributed by atoms with E-state index in [-0.39, 0.29) is 5.41 Å². The van der Waals surface area contributed by atoms with Crippen molar-refractivity contribution in [3.63, 3.8) is 0 Å². The molecule has 0 atom stereocenters. The lowest BCUT2D eigenvalue weighted by Crippen LogP contribution is -2.40. The largest absolute Gasteiger partial charge is 0.496 e. The Labute approximate surface area is 104 Å². The van der Waals surface area contributed by atoms with E-state index in [2.05, 4.69) is 43.6 Å². The van der Waals surface area contributed by atoms with Crippen LogP contribution in [0.25, 0.3) is 0 Å². The van der Waals surface area contributed by atoms with Gasteiger partial charge in [0.05, 0.1) is 13.8 Å². The molecule has 4 nitrogen and oxygen atoms in total. The summed E-state index contributed by atoms with van der Waals surface area (Å²) in [5.41, 5.74) is 5.04. The van der Waals surface area contributed by atoms with Crippen molar-refractivity contribution in [3.8, 4) is 5.75 Å². The summed E-state index contributed by atoms with van der Waals surface area (Å²) in [5, 5.41) is 3.25. The molecular formula is C13H23N3O. The molecule has 0 aliphatic rings. The fourth-order valence-electron chi connectivity index (χ4n) is 1.89. The molecule has 0 aliphatic heterocycles. The van der Waals surface area contributed by atoms with Crippen LogP contribution in [0.2, 0.25) is 0 Å². The quantitative estimate of drug-likeness (QED) is 0.302. The number of benzene rings is 1. The third-order valence-corrected chi connectivity index (χ3v) is 2.88. The second-order valence-electron chi connectivity index (χ2n) is 4.90. The van der Waals surface area contributed by atoms with Crippen molar-refractivity contribution in [2.75, 3.05) is 20.3 Å². The van der Waals surface area contributed by atoms with Crippen LogP contribution in [-0.4, -0.2) is 20.3 Å². The topological polar surface area (TPSA) is 59.3 Å². The second kappa shape index (κ2) is 6.00. The third-order valence-electron chi connectivity index (χ3n) is 2.88. The average Bonchev–Trinajstić information content (AvgIpc) is 2.29. The van der Waals surface area contributed by atoms with Crippen LogP contribution in [0.5, 0.6) is 5.75 Å². The number of nitrogens with one attached hydrogen (secondary N) is 2. The van der Waals surface area contributed by atoms with Gasteiger partial charge in [0.25, 0.3) is 0 Å². The Kier molecular flexibility index (Phi) is 4.93. The molecule has 0 heterocycles. The molecule has 0 saturated heterocycles. The molecule has 4 N–H and O–H groups in total. The Morgan fingerprint density at radius 2 is 2.06 bits per heavy atom. The lowest BCUT2D eigenvalue weighted by Gasteiger charge is -2.28. The van der Waals surface area contributed by atoms with Gasteiger partial charge in [-0.05, 0) is 13.0 Å². The normalized spacial score (nSPS) is 11.6. The van der Waals surface area contributed by atoms with Crippen LogP contribution in [0.4, 0.5) is 0 Å². The van der Waals surface area contributed by atoms with Crippen molar-refractivity contribution in [1.29, 1.82) is 0 Å². The molecule has 4 heteroatoms. The maximum absolute atomic E-state index is 5.42. The second-order valence-corrected chi connectivity index (χ2v) is 4.90. The van der Waals surface area contributed by atoms with Gasteiger partial charge in [-0.2, -0.15) is 0 Å². The molecule has 0 saturated carbocycles. The summed E-state index contributed by atoms with van der Waals surface area (Å²) in [5.74, 6) is 6.17. The first kappa shape index (κ1) is 14.0. The summed E-state index contributed by atoms with van der Waals surface area (Å²) < 4.78 is 5.42. The minimum absolute atomic E-state index is 0.00574. The van der Waals surface area contributed by atoms with Crippen molar-refractivity contribution in [1.82, 2.24) is 10.7 Å². The molecule has 0 fully saturated rings. The standard InChI is InChI=1S/C13H23N3O/c1-10-5-6-12(17-4)11(7-10)13(2,3)8-15-9-16-14/h5-7,15-16H,8-9,14H2,1-4H3. The minimum atomic E-state index is -0.00574. The van der Waals surface area contributed by atoms with E-state index < -0.39 is 0 Å². The van der Waals surface area contributed by atoms with Crippen LogP contribution in [0.3, 0.4) is 0 Å². The molecule has 0 radical (unpaired) electrons. The highest BCUT2D eigenvalue weighted by Gasteiger charge is 2.24.